The van der Waals surface area contributed by atoms with Crippen LogP contribution in [-0.2, 0) is 9.53 Å². The molecule has 1 aliphatic carbocycles. The Morgan fingerprint density at radius 3 is 2.48 bits per heavy atom. The summed E-state index contributed by atoms with van der Waals surface area (Å²) < 4.78 is 5.83. The van der Waals surface area contributed by atoms with E-state index in [0.29, 0.717) is 28.7 Å². The van der Waals surface area contributed by atoms with Crippen LogP contribution in [0.5, 0.6) is 0 Å². The van der Waals surface area contributed by atoms with Gasteiger partial charge in [0.05, 0.1) is 0 Å². The number of thioether (sulfide) groups is 1. The second-order valence-electron chi connectivity index (χ2n) is 8.05. The lowest BCUT2D eigenvalue weighted by atomic mass is 9.81. The number of carbonyl (C=O) groups excluding carboxylic acids is 1. The smallest absolute Gasteiger partial charge is 0.343 e. The van der Waals surface area contributed by atoms with Gasteiger partial charge in [0.1, 0.15) is 5.57 Å². The monoisotopic (exact) mass is 428 g/mol. The Morgan fingerprint density at radius 1 is 1.14 bits per heavy atom. The zero-order valence-electron chi connectivity index (χ0n) is 16.9. The maximum absolute atomic E-state index is 12.8. The van der Waals surface area contributed by atoms with E-state index in [0.717, 1.165) is 40.7 Å². The molecule has 0 amide bonds. The quantitative estimate of drug-likeness (QED) is 0.567. The van der Waals surface area contributed by atoms with Crippen molar-refractivity contribution in [3.63, 3.8) is 0 Å². The second kappa shape index (κ2) is 7.73. The van der Waals surface area contributed by atoms with Gasteiger partial charge in [-0.25, -0.2) is 4.79 Å². The van der Waals surface area contributed by atoms with Crippen molar-refractivity contribution >= 4 is 34.9 Å². The molecule has 1 fully saturated rings. The molecule has 4 rings (SSSR count). The van der Waals surface area contributed by atoms with Gasteiger partial charge in [-0.3, -0.25) is 0 Å². The molecule has 3 nitrogen and oxygen atoms in total. The molecule has 0 radical (unpaired) electrons. The average molecular weight is 429 g/mol. The molecule has 0 bridgehead atoms. The van der Waals surface area contributed by atoms with Crippen molar-refractivity contribution in [1.82, 2.24) is 0 Å². The molecule has 0 aromatic heterocycles. The molecule has 1 saturated carbocycles. The highest BCUT2D eigenvalue weighted by molar-refractivity contribution is 7.99. The molecular weight excluding hydrogens is 404 g/mol. The number of rotatable bonds is 3. The first-order valence-electron chi connectivity index (χ1n) is 9.92. The van der Waals surface area contributed by atoms with Gasteiger partial charge in [-0.05, 0) is 79.3 Å². The van der Waals surface area contributed by atoms with E-state index in [9.17, 15) is 9.90 Å². The van der Waals surface area contributed by atoms with Crippen molar-refractivity contribution < 1.29 is 14.6 Å². The van der Waals surface area contributed by atoms with E-state index in [1.54, 1.807) is 11.8 Å². The maximum atomic E-state index is 12.8. The van der Waals surface area contributed by atoms with E-state index in [1.165, 1.54) is 0 Å². The Morgan fingerprint density at radius 2 is 1.79 bits per heavy atom. The summed E-state index contributed by atoms with van der Waals surface area (Å²) in [6.07, 6.45) is 5.48. The second-order valence-corrected chi connectivity index (χ2v) is 9.62. The Bertz CT molecular complexity index is 996. The van der Waals surface area contributed by atoms with Gasteiger partial charge in [-0.15, -0.1) is 0 Å². The first kappa shape index (κ1) is 20.4. The summed E-state index contributed by atoms with van der Waals surface area (Å²) in [6, 6.07) is 11.8. The number of halogens is 1. The van der Waals surface area contributed by atoms with Crippen LogP contribution in [0.2, 0.25) is 5.02 Å². The Labute approximate surface area is 181 Å². The molecular formula is C24H25ClO3S. The predicted molar refractivity (Wildman–Crippen MR) is 121 cm³/mol. The first-order valence-corrected chi connectivity index (χ1v) is 11.6. The predicted octanol–water partition coefficient (Wildman–Crippen LogP) is 6.49. The van der Waals surface area contributed by atoms with Gasteiger partial charge < -0.3 is 9.84 Å². The van der Waals surface area contributed by atoms with E-state index in [2.05, 4.69) is 12.3 Å². The van der Waals surface area contributed by atoms with Crippen molar-refractivity contribution in [3.05, 3.63) is 63.9 Å². The fraction of sp³-hybridized carbons (Fsp3) is 0.375. The minimum atomic E-state index is -0.854. The molecule has 0 saturated heterocycles. The summed E-state index contributed by atoms with van der Waals surface area (Å²) in [4.78, 5) is 12.8. The summed E-state index contributed by atoms with van der Waals surface area (Å²) in [5, 5.41) is 12.2. The van der Waals surface area contributed by atoms with Crippen molar-refractivity contribution in [2.45, 2.75) is 50.4 Å². The van der Waals surface area contributed by atoms with Gasteiger partial charge in [0.25, 0.3) is 0 Å². The molecule has 2 aromatic carbocycles. The minimum absolute atomic E-state index is 0.114. The van der Waals surface area contributed by atoms with E-state index in [-0.39, 0.29) is 5.76 Å². The summed E-state index contributed by atoms with van der Waals surface area (Å²) in [6.45, 7) is 3.99. The van der Waals surface area contributed by atoms with E-state index >= 15 is 0 Å². The number of ether oxygens (including phenoxy) is 1. The number of aliphatic hydroxyl groups is 1. The summed E-state index contributed by atoms with van der Waals surface area (Å²) >= 11 is 7.80. The topological polar surface area (TPSA) is 46.5 Å². The lowest BCUT2D eigenvalue weighted by Gasteiger charge is -2.35. The number of aryl methyl sites for hydroxylation is 2. The molecule has 1 heterocycles. The SMILES string of the molecule is CSC1CCCC2(C1)OC(=O)C(c1cc(C)c(-c3ccc(Cl)cc3)cc1C)=C2O. The molecule has 2 atom stereocenters. The molecule has 1 aliphatic heterocycles. The standard InChI is InChI=1S/C24H25ClO3S/c1-14-12-20(15(2)11-19(14)16-6-8-17(25)9-7-16)21-22(26)24(28-23(21)27)10-4-5-18(13-24)29-3/h6-9,11-12,18,26H,4-5,10,13H2,1-3H3. The Hall–Kier alpha value is -1.91. The van der Waals surface area contributed by atoms with E-state index in [4.69, 9.17) is 16.3 Å². The van der Waals surface area contributed by atoms with Gasteiger partial charge in [0.15, 0.2) is 11.4 Å². The zero-order chi connectivity index (χ0) is 20.8. The van der Waals surface area contributed by atoms with Gasteiger partial charge in [-0.2, -0.15) is 11.8 Å². The number of carbonyl (C=O) groups is 1. The van der Waals surface area contributed by atoms with Gasteiger partial charge in [0.2, 0.25) is 0 Å². The van der Waals surface area contributed by atoms with Gasteiger partial charge in [0, 0.05) is 16.7 Å². The van der Waals surface area contributed by atoms with Crippen LogP contribution in [-0.4, -0.2) is 28.2 Å². The van der Waals surface area contributed by atoms with Gasteiger partial charge in [-0.1, -0.05) is 35.9 Å². The maximum Gasteiger partial charge on any atom is 0.343 e. The number of hydrogen-bond donors (Lipinski definition) is 1. The summed E-state index contributed by atoms with van der Waals surface area (Å²) in [5.41, 5.74) is 4.36. The van der Waals surface area contributed by atoms with Crippen molar-refractivity contribution in [2.24, 2.45) is 0 Å². The molecule has 1 spiro atoms. The van der Waals surface area contributed by atoms with Crippen LogP contribution in [0.1, 0.15) is 42.4 Å². The van der Waals surface area contributed by atoms with Crippen LogP contribution in [0, 0.1) is 13.8 Å². The molecule has 2 aromatic rings. The lowest BCUT2D eigenvalue weighted by Crippen LogP contribution is -2.39. The highest BCUT2D eigenvalue weighted by Crippen LogP contribution is 2.48. The van der Waals surface area contributed by atoms with Crippen LogP contribution in [0.3, 0.4) is 0 Å². The van der Waals surface area contributed by atoms with Crippen LogP contribution in [0.25, 0.3) is 16.7 Å². The van der Waals surface area contributed by atoms with Crippen LogP contribution >= 0.6 is 23.4 Å². The third-order valence-electron chi connectivity index (χ3n) is 6.15. The molecule has 1 N–H and O–H groups in total. The summed E-state index contributed by atoms with van der Waals surface area (Å²) in [5.74, 6) is -0.297. The van der Waals surface area contributed by atoms with E-state index in [1.807, 2.05) is 44.2 Å². The zero-order valence-corrected chi connectivity index (χ0v) is 18.5. The highest BCUT2D eigenvalue weighted by atomic mass is 35.5. The van der Waals surface area contributed by atoms with E-state index < -0.39 is 11.6 Å². The molecule has 29 heavy (non-hydrogen) atoms. The van der Waals surface area contributed by atoms with Crippen molar-refractivity contribution in [2.75, 3.05) is 6.26 Å². The third kappa shape index (κ3) is 3.57. The number of esters is 1. The highest BCUT2D eigenvalue weighted by Gasteiger charge is 2.51. The van der Waals surface area contributed by atoms with Crippen LogP contribution in [0.15, 0.2) is 42.2 Å². The van der Waals surface area contributed by atoms with Crippen molar-refractivity contribution in [1.29, 1.82) is 0 Å². The minimum Gasteiger partial charge on any atom is -0.507 e. The number of benzene rings is 2. The number of aliphatic hydroxyl groups excluding tert-OH is 1. The molecule has 5 heteroatoms. The number of hydrogen-bond acceptors (Lipinski definition) is 4. The average Bonchev–Trinajstić information content (AvgIpc) is 2.93. The van der Waals surface area contributed by atoms with Crippen molar-refractivity contribution in [3.8, 4) is 11.1 Å². The molecule has 2 unspecified atom stereocenters. The van der Waals surface area contributed by atoms with Crippen LogP contribution in [0.4, 0.5) is 0 Å². The Kier molecular flexibility index (Phi) is 5.43. The summed E-state index contributed by atoms with van der Waals surface area (Å²) in [7, 11) is 0. The largest absolute Gasteiger partial charge is 0.507 e. The molecule has 152 valence electrons. The fourth-order valence-electron chi connectivity index (χ4n) is 4.56. The van der Waals surface area contributed by atoms with Crippen LogP contribution < -0.4 is 0 Å². The fourth-order valence-corrected chi connectivity index (χ4v) is 5.53. The lowest BCUT2D eigenvalue weighted by molar-refractivity contribution is -0.149. The Balaban J connectivity index is 1.77. The normalized spacial score (nSPS) is 24.3. The van der Waals surface area contributed by atoms with Gasteiger partial charge >= 0.3 is 5.97 Å². The first-order chi connectivity index (χ1) is 13.8. The third-order valence-corrected chi connectivity index (χ3v) is 7.47. The molecule has 2 aliphatic rings.